The molecule has 0 radical (unpaired) electrons. The van der Waals surface area contributed by atoms with E-state index in [1.807, 2.05) is 32.9 Å². The molecule has 0 aliphatic heterocycles. The van der Waals surface area contributed by atoms with E-state index in [1.54, 1.807) is 0 Å². The van der Waals surface area contributed by atoms with Crippen LogP contribution in [0.4, 0.5) is 5.69 Å². The van der Waals surface area contributed by atoms with E-state index in [4.69, 9.17) is 5.11 Å². The predicted molar refractivity (Wildman–Crippen MR) is 82.1 cm³/mol. The fourth-order valence-electron chi connectivity index (χ4n) is 2.19. The lowest BCUT2D eigenvalue weighted by Crippen LogP contribution is -2.16. The molecular weight excluding hydrogens is 288 g/mol. The average Bonchev–Trinajstić information content (AvgIpc) is 2.82. The third-order valence-electron chi connectivity index (χ3n) is 3.02. The SMILES string of the molecule is Cc1cc(C)c(NC(=O)Cc2nc(C(=O)O)cs2)c(C)c1. The molecule has 2 aromatic rings. The molecule has 1 amide bonds. The smallest absolute Gasteiger partial charge is 0.355 e. The van der Waals surface area contributed by atoms with Gasteiger partial charge < -0.3 is 10.4 Å². The van der Waals surface area contributed by atoms with Crippen LogP contribution in [0, 0.1) is 20.8 Å². The number of carbonyl (C=O) groups is 2. The van der Waals surface area contributed by atoms with Gasteiger partial charge in [0.15, 0.2) is 5.69 Å². The van der Waals surface area contributed by atoms with Crippen molar-refractivity contribution in [1.82, 2.24) is 4.98 Å². The minimum atomic E-state index is -1.08. The number of carbonyl (C=O) groups excluding carboxylic acids is 1. The monoisotopic (exact) mass is 304 g/mol. The molecule has 0 saturated carbocycles. The summed E-state index contributed by atoms with van der Waals surface area (Å²) >= 11 is 1.17. The van der Waals surface area contributed by atoms with E-state index >= 15 is 0 Å². The van der Waals surface area contributed by atoms with Gasteiger partial charge >= 0.3 is 5.97 Å². The molecule has 0 atom stereocenters. The molecule has 1 aromatic heterocycles. The van der Waals surface area contributed by atoms with Crippen molar-refractivity contribution in [2.24, 2.45) is 0 Å². The van der Waals surface area contributed by atoms with E-state index in [0.717, 1.165) is 22.4 Å². The highest BCUT2D eigenvalue weighted by Crippen LogP contribution is 2.22. The zero-order chi connectivity index (χ0) is 15.6. The summed E-state index contributed by atoms with van der Waals surface area (Å²) in [6, 6.07) is 4.02. The molecule has 0 aliphatic rings. The zero-order valence-corrected chi connectivity index (χ0v) is 12.9. The van der Waals surface area contributed by atoms with Crippen LogP contribution in [-0.2, 0) is 11.2 Å². The molecule has 5 nitrogen and oxygen atoms in total. The van der Waals surface area contributed by atoms with Crippen LogP contribution in [0.1, 0.15) is 32.2 Å². The summed E-state index contributed by atoms with van der Waals surface area (Å²) in [6.07, 6.45) is 0.0741. The second kappa shape index (κ2) is 6.05. The first-order valence-corrected chi connectivity index (χ1v) is 7.30. The number of rotatable bonds is 4. The summed E-state index contributed by atoms with van der Waals surface area (Å²) in [5, 5.41) is 13.6. The van der Waals surface area contributed by atoms with Gasteiger partial charge in [0.05, 0.1) is 6.42 Å². The van der Waals surface area contributed by atoms with Crippen LogP contribution in [-0.4, -0.2) is 22.0 Å². The second-order valence-corrected chi connectivity index (χ2v) is 5.87. The Morgan fingerprint density at radius 1 is 1.24 bits per heavy atom. The van der Waals surface area contributed by atoms with Gasteiger partial charge in [-0.2, -0.15) is 0 Å². The van der Waals surface area contributed by atoms with E-state index in [2.05, 4.69) is 10.3 Å². The Balaban J connectivity index is 2.10. The first-order valence-electron chi connectivity index (χ1n) is 6.42. The maximum absolute atomic E-state index is 12.1. The fourth-order valence-corrected chi connectivity index (χ4v) is 2.96. The van der Waals surface area contributed by atoms with Gasteiger partial charge in [-0.15, -0.1) is 11.3 Å². The molecule has 0 saturated heterocycles. The quantitative estimate of drug-likeness (QED) is 0.910. The van der Waals surface area contributed by atoms with Crippen molar-refractivity contribution in [3.63, 3.8) is 0 Å². The molecule has 0 bridgehead atoms. The molecule has 2 N–H and O–H groups in total. The van der Waals surface area contributed by atoms with Gasteiger partial charge in [0.2, 0.25) is 5.91 Å². The van der Waals surface area contributed by atoms with Crippen LogP contribution in [0.2, 0.25) is 0 Å². The molecule has 0 fully saturated rings. The Morgan fingerprint density at radius 2 is 1.86 bits per heavy atom. The molecule has 0 unspecified atom stereocenters. The van der Waals surface area contributed by atoms with Gasteiger partial charge in [-0.05, 0) is 31.9 Å². The van der Waals surface area contributed by atoms with Gasteiger partial charge in [-0.1, -0.05) is 17.7 Å². The van der Waals surface area contributed by atoms with Crippen LogP contribution in [0.3, 0.4) is 0 Å². The van der Waals surface area contributed by atoms with Gasteiger partial charge in [0.25, 0.3) is 0 Å². The van der Waals surface area contributed by atoms with Crippen LogP contribution >= 0.6 is 11.3 Å². The molecule has 2 rings (SSSR count). The van der Waals surface area contributed by atoms with Crippen molar-refractivity contribution in [2.75, 3.05) is 5.32 Å². The van der Waals surface area contributed by atoms with Crippen molar-refractivity contribution in [3.8, 4) is 0 Å². The summed E-state index contributed by atoms with van der Waals surface area (Å²) in [7, 11) is 0. The number of benzene rings is 1. The highest BCUT2D eigenvalue weighted by Gasteiger charge is 2.13. The molecule has 6 heteroatoms. The molecular formula is C15H16N2O3S. The highest BCUT2D eigenvalue weighted by atomic mass is 32.1. The lowest BCUT2D eigenvalue weighted by atomic mass is 10.1. The Labute approximate surface area is 126 Å². The minimum Gasteiger partial charge on any atom is -0.476 e. The number of aryl methyl sites for hydroxylation is 3. The number of hydrogen-bond acceptors (Lipinski definition) is 4. The number of amides is 1. The largest absolute Gasteiger partial charge is 0.476 e. The van der Waals surface area contributed by atoms with Crippen molar-refractivity contribution in [2.45, 2.75) is 27.2 Å². The molecule has 1 aromatic carbocycles. The molecule has 110 valence electrons. The first kappa shape index (κ1) is 15.2. The van der Waals surface area contributed by atoms with Crippen molar-refractivity contribution in [1.29, 1.82) is 0 Å². The highest BCUT2D eigenvalue weighted by molar-refractivity contribution is 7.09. The van der Waals surface area contributed by atoms with E-state index in [0.29, 0.717) is 5.01 Å². The van der Waals surface area contributed by atoms with Crippen LogP contribution in [0.15, 0.2) is 17.5 Å². The van der Waals surface area contributed by atoms with E-state index in [1.165, 1.54) is 16.7 Å². The molecule has 1 heterocycles. The van der Waals surface area contributed by atoms with E-state index in [9.17, 15) is 9.59 Å². The van der Waals surface area contributed by atoms with E-state index in [-0.39, 0.29) is 18.0 Å². The maximum atomic E-state index is 12.1. The average molecular weight is 304 g/mol. The summed E-state index contributed by atoms with van der Waals surface area (Å²) in [5.74, 6) is -1.28. The van der Waals surface area contributed by atoms with Crippen molar-refractivity contribution in [3.05, 3.63) is 44.9 Å². The third-order valence-corrected chi connectivity index (χ3v) is 3.87. The number of aromatic carboxylic acids is 1. The summed E-state index contributed by atoms with van der Waals surface area (Å²) in [4.78, 5) is 26.7. The van der Waals surface area contributed by atoms with Crippen molar-refractivity contribution < 1.29 is 14.7 Å². The topological polar surface area (TPSA) is 79.3 Å². The standard InChI is InChI=1S/C15H16N2O3S/c1-8-4-9(2)14(10(3)5-8)17-12(18)6-13-16-11(7-21-13)15(19)20/h4-5,7H,6H2,1-3H3,(H,17,18)(H,19,20). The third kappa shape index (κ3) is 3.66. The summed E-state index contributed by atoms with van der Waals surface area (Å²) in [6.45, 7) is 5.90. The molecule has 0 spiro atoms. The van der Waals surface area contributed by atoms with Gasteiger partial charge in [-0.25, -0.2) is 9.78 Å². The van der Waals surface area contributed by atoms with Gasteiger partial charge in [0.1, 0.15) is 5.01 Å². The lowest BCUT2D eigenvalue weighted by molar-refractivity contribution is -0.115. The Morgan fingerprint density at radius 3 is 2.38 bits per heavy atom. The number of carboxylic acids is 1. The Bertz CT molecular complexity index is 684. The summed E-state index contributed by atoms with van der Waals surface area (Å²) < 4.78 is 0. The number of nitrogens with one attached hydrogen (secondary N) is 1. The first-order chi connectivity index (χ1) is 9.86. The molecule has 0 aliphatic carbocycles. The number of carboxylic acid groups (broad SMARTS) is 1. The van der Waals surface area contributed by atoms with Gasteiger partial charge in [-0.3, -0.25) is 4.79 Å². The normalized spacial score (nSPS) is 10.4. The maximum Gasteiger partial charge on any atom is 0.355 e. The number of nitrogens with zero attached hydrogens (tertiary/aromatic N) is 1. The van der Waals surface area contributed by atoms with Crippen LogP contribution in [0.5, 0.6) is 0 Å². The fraction of sp³-hybridized carbons (Fsp3) is 0.267. The Hall–Kier alpha value is -2.21. The van der Waals surface area contributed by atoms with E-state index < -0.39 is 5.97 Å². The molecule has 21 heavy (non-hydrogen) atoms. The zero-order valence-electron chi connectivity index (χ0n) is 12.1. The second-order valence-electron chi connectivity index (χ2n) is 4.93. The predicted octanol–water partition coefficient (Wildman–Crippen LogP) is 2.95. The van der Waals surface area contributed by atoms with Crippen molar-refractivity contribution >= 4 is 28.9 Å². The van der Waals surface area contributed by atoms with Crippen LogP contribution < -0.4 is 5.32 Å². The lowest BCUT2D eigenvalue weighted by Gasteiger charge is -2.12. The Kier molecular flexibility index (Phi) is 4.37. The number of aromatic nitrogens is 1. The number of thiazole rings is 1. The van der Waals surface area contributed by atoms with Gasteiger partial charge in [0, 0.05) is 11.1 Å². The summed E-state index contributed by atoms with van der Waals surface area (Å²) in [5.41, 5.74) is 3.94. The minimum absolute atomic E-state index is 0.0227. The number of hydrogen-bond donors (Lipinski definition) is 2. The number of anilines is 1. The van der Waals surface area contributed by atoms with Crippen LogP contribution in [0.25, 0.3) is 0 Å².